The Balaban J connectivity index is 2.44. The highest BCUT2D eigenvalue weighted by Crippen LogP contribution is 2.47. The highest BCUT2D eigenvalue weighted by molar-refractivity contribution is 5.29. The van der Waals surface area contributed by atoms with Crippen molar-refractivity contribution in [2.75, 3.05) is 0 Å². The van der Waals surface area contributed by atoms with Gasteiger partial charge in [0, 0.05) is 0 Å². The molecule has 1 aliphatic rings. The van der Waals surface area contributed by atoms with Gasteiger partial charge in [0.1, 0.15) is 0 Å². The summed E-state index contributed by atoms with van der Waals surface area (Å²) in [6.45, 7) is 11.8. The largest absolute Gasteiger partial charge is 0.0885 e. The van der Waals surface area contributed by atoms with E-state index in [1.807, 2.05) is 5.57 Å². The van der Waals surface area contributed by atoms with Gasteiger partial charge in [-0.15, -0.1) is 0 Å². The molecule has 0 aliphatic heterocycles. The molecule has 156 valence electrons. The van der Waals surface area contributed by atoms with Gasteiger partial charge in [-0.1, -0.05) is 95.2 Å². The maximum atomic E-state index is 2.51. The highest BCUT2D eigenvalue weighted by atomic mass is 14.4. The molecule has 0 heteroatoms. The first-order valence-electron chi connectivity index (χ1n) is 12.1. The molecule has 0 N–H and O–H groups in total. The van der Waals surface area contributed by atoms with Gasteiger partial charge in [0.25, 0.3) is 0 Å². The molecule has 0 bridgehead atoms. The second-order valence-corrected chi connectivity index (χ2v) is 8.96. The molecule has 0 saturated heterocycles. The Morgan fingerprint density at radius 1 is 0.889 bits per heavy atom. The minimum Gasteiger partial charge on any atom is -0.0885 e. The third kappa shape index (κ3) is 11.0. The van der Waals surface area contributed by atoms with E-state index in [9.17, 15) is 0 Å². The topological polar surface area (TPSA) is 0 Å². The maximum Gasteiger partial charge on any atom is -0.0160 e. The number of hydrogen-bond donors (Lipinski definition) is 0. The molecule has 0 radical (unpaired) electrons. The van der Waals surface area contributed by atoms with Crippen LogP contribution in [-0.2, 0) is 0 Å². The van der Waals surface area contributed by atoms with Gasteiger partial charge < -0.3 is 0 Å². The molecule has 1 aliphatic carbocycles. The average molecular weight is 373 g/mol. The van der Waals surface area contributed by atoms with Crippen molar-refractivity contribution in [2.24, 2.45) is 17.8 Å². The summed E-state index contributed by atoms with van der Waals surface area (Å²) >= 11 is 0. The van der Waals surface area contributed by atoms with Gasteiger partial charge in [-0.05, 0) is 76.0 Å². The van der Waals surface area contributed by atoms with Gasteiger partial charge in [-0.2, -0.15) is 0 Å². The second-order valence-electron chi connectivity index (χ2n) is 8.96. The summed E-state index contributed by atoms with van der Waals surface area (Å²) in [5.74, 6) is 2.72. The van der Waals surface area contributed by atoms with Crippen molar-refractivity contribution in [2.45, 2.75) is 118 Å². The van der Waals surface area contributed by atoms with Crippen LogP contribution in [-0.4, -0.2) is 0 Å². The third-order valence-corrected chi connectivity index (χ3v) is 6.39. The van der Waals surface area contributed by atoms with Crippen LogP contribution >= 0.6 is 0 Å². The van der Waals surface area contributed by atoms with Gasteiger partial charge >= 0.3 is 0 Å². The molecule has 0 amide bonds. The Morgan fingerprint density at radius 2 is 1.59 bits per heavy atom. The Kier molecular flexibility index (Phi) is 13.6. The summed E-state index contributed by atoms with van der Waals surface area (Å²) in [5, 5.41) is 0. The molecule has 1 fully saturated rings. The lowest BCUT2D eigenvalue weighted by molar-refractivity contribution is 0.289. The Morgan fingerprint density at radius 3 is 2.30 bits per heavy atom. The van der Waals surface area contributed by atoms with Crippen molar-refractivity contribution in [3.63, 3.8) is 0 Å². The lowest BCUT2D eigenvalue weighted by atomic mass is 9.82. The quantitative estimate of drug-likeness (QED) is 0.187. The Labute approximate surface area is 171 Å². The molecule has 3 atom stereocenters. The Bertz CT molecular complexity index is 451. The molecular formula is C27H48. The van der Waals surface area contributed by atoms with Crippen LogP contribution in [0.2, 0.25) is 0 Å². The van der Waals surface area contributed by atoms with Crippen LogP contribution < -0.4 is 0 Å². The lowest BCUT2D eigenvalue weighted by Crippen LogP contribution is -2.12. The monoisotopic (exact) mass is 372 g/mol. The van der Waals surface area contributed by atoms with E-state index in [1.54, 1.807) is 5.57 Å². The summed E-state index contributed by atoms with van der Waals surface area (Å²) < 4.78 is 0. The van der Waals surface area contributed by atoms with E-state index >= 15 is 0 Å². The van der Waals surface area contributed by atoms with Crippen molar-refractivity contribution >= 4 is 0 Å². The summed E-state index contributed by atoms with van der Waals surface area (Å²) in [4.78, 5) is 0. The van der Waals surface area contributed by atoms with Crippen LogP contribution in [0, 0.1) is 17.8 Å². The van der Waals surface area contributed by atoms with Crippen LogP contribution in [0.1, 0.15) is 118 Å². The molecule has 0 nitrogen and oxygen atoms in total. The SMILES string of the molecule is CCCC=CCCC(C)=C1CC1CC(CCC=CCCCC)C(C)CCC. The molecule has 0 aromatic heterocycles. The predicted molar refractivity (Wildman–Crippen MR) is 124 cm³/mol. The fraction of sp³-hybridized carbons (Fsp3) is 0.778. The molecule has 1 saturated carbocycles. The van der Waals surface area contributed by atoms with Crippen LogP contribution in [0.25, 0.3) is 0 Å². The minimum atomic E-state index is 0.887. The smallest absolute Gasteiger partial charge is 0.0160 e. The first-order valence-corrected chi connectivity index (χ1v) is 12.1. The minimum absolute atomic E-state index is 0.887. The van der Waals surface area contributed by atoms with Crippen molar-refractivity contribution in [1.82, 2.24) is 0 Å². The van der Waals surface area contributed by atoms with Crippen molar-refractivity contribution in [3.8, 4) is 0 Å². The summed E-state index contributed by atoms with van der Waals surface area (Å²) in [6, 6.07) is 0. The zero-order valence-electron chi connectivity index (χ0n) is 19.2. The number of hydrogen-bond acceptors (Lipinski definition) is 0. The summed E-state index contributed by atoms with van der Waals surface area (Å²) in [5.41, 5.74) is 3.51. The summed E-state index contributed by atoms with van der Waals surface area (Å²) in [6.07, 6.45) is 26.8. The van der Waals surface area contributed by atoms with E-state index in [0.717, 1.165) is 17.8 Å². The molecule has 1 rings (SSSR count). The summed E-state index contributed by atoms with van der Waals surface area (Å²) in [7, 11) is 0. The van der Waals surface area contributed by atoms with Gasteiger partial charge in [0.15, 0.2) is 0 Å². The first kappa shape index (κ1) is 24.3. The molecule has 0 spiro atoms. The van der Waals surface area contributed by atoms with Crippen molar-refractivity contribution < 1.29 is 0 Å². The van der Waals surface area contributed by atoms with Gasteiger partial charge in [0.05, 0.1) is 0 Å². The fourth-order valence-electron chi connectivity index (χ4n) is 4.38. The van der Waals surface area contributed by atoms with Gasteiger partial charge in [-0.3, -0.25) is 0 Å². The zero-order valence-corrected chi connectivity index (χ0v) is 19.2. The van der Waals surface area contributed by atoms with E-state index in [-0.39, 0.29) is 0 Å². The molecule has 0 aromatic rings. The molecule has 3 unspecified atom stereocenters. The molecular weight excluding hydrogens is 324 g/mol. The van der Waals surface area contributed by atoms with Gasteiger partial charge in [0.2, 0.25) is 0 Å². The van der Waals surface area contributed by atoms with E-state index in [0.29, 0.717) is 0 Å². The predicted octanol–water partition coefficient (Wildman–Crippen LogP) is 9.43. The number of allylic oxidation sites excluding steroid dienone is 6. The van der Waals surface area contributed by atoms with Crippen LogP contribution in [0.5, 0.6) is 0 Å². The second kappa shape index (κ2) is 15.2. The highest BCUT2D eigenvalue weighted by Gasteiger charge is 2.34. The average Bonchev–Trinajstić information content (AvgIpc) is 3.43. The number of rotatable bonds is 16. The van der Waals surface area contributed by atoms with E-state index < -0.39 is 0 Å². The molecule has 27 heavy (non-hydrogen) atoms. The third-order valence-electron chi connectivity index (χ3n) is 6.39. The van der Waals surface area contributed by atoms with Crippen LogP contribution in [0.15, 0.2) is 35.5 Å². The van der Waals surface area contributed by atoms with E-state index in [4.69, 9.17) is 0 Å². The van der Waals surface area contributed by atoms with Crippen LogP contribution in [0.4, 0.5) is 0 Å². The van der Waals surface area contributed by atoms with Gasteiger partial charge in [-0.25, -0.2) is 0 Å². The molecule has 0 aromatic carbocycles. The first-order chi connectivity index (χ1) is 13.1. The molecule has 0 heterocycles. The number of unbranched alkanes of at least 4 members (excludes halogenated alkanes) is 3. The standard InChI is InChI=1S/C27H48/c1-6-9-11-13-15-17-20-25(23(4)18-8-3)21-26-22-27(26)24(5)19-16-14-12-10-7-2/h12-15,23,25-26H,6-11,16-22H2,1-5H3. The van der Waals surface area contributed by atoms with Crippen LogP contribution in [0.3, 0.4) is 0 Å². The Hall–Kier alpha value is -0.780. The van der Waals surface area contributed by atoms with E-state index in [2.05, 4.69) is 58.9 Å². The lowest BCUT2D eigenvalue weighted by Gasteiger charge is -2.23. The van der Waals surface area contributed by atoms with Crippen molar-refractivity contribution in [3.05, 3.63) is 35.5 Å². The normalized spacial score (nSPS) is 21.1. The van der Waals surface area contributed by atoms with Crippen molar-refractivity contribution in [1.29, 1.82) is 0 Å². The zero-order chi connectivity index (χ0) is 19.9. The maximum absolute atomic E-state index is 2.51. The fourth-order valence-corrected chi connectivity index (χ4v) is 4.38. The van der Waals surface area contributed by atoms with E-state index in [1.165, 1.54) is 83.5 Å².